The van der Waals surface area contributed by atoms with Gasteiger partial charge in [0.2, 0.25) is 0 Å². The SMILES string of the molecule is O=C(NCc1ccsc1)c1cccc2ccccc12. The number of amides is 1. The van der Waals surface area contributed by atoms with Crippen molar-refractivity contribution in [3.8, 4) is 0 Å². The van der Waals surface area contributed by atoms with Gasteiger partial charge < -0.3 is 5.32 Å². The minimum Gasteiger partial charge on any atom is -0.348 e. The second kappa shape index (κ2) is 5.24. The number of hydrogen-bond acceptors (Lipinski definition) is 2. The minimum absolute atomic E-state index is 0.0250. The van der Waals surface area contributed by atoms with Gasteiger partial charge in [0.15, 0.2) is 0 Å². The van der Waals surface area contributed by atoms with Gasteiger partial charge in [0.1, 0.15) is 0 Å². The number of nitrogens with one attached hydrogen (secondary N) is 1. The summed E-state index contributed by atoms with van der Waals surface area (Å²) in [6.45, 7) is 0.575. The van der Waals surface area contributed by atoms with E-state index in [2.05, 4.69) is 5.32 Å². The number of benzene rings is 2. The number of rotatable bonds is 3. The molecule has 0 saturated heterocycles. The third-order valence-corrected chi connectivity index (χ3v) is 3.80. The third-order valence-electron chi connectivity index (χ3n) is 3.07. The fourth-order valence-corrected chi connectivity index (χ4v) is 2.76. The summed E-state index contributed by atoms with van der Waals surface area (Å²) in [7, 11) is 0. The van der Waals surface area contributed by atoms with E-state index < -0.39 is 0 Å². The lowest BCUT2D eigenvalue weighted by Gasteiger charge is -2.07. The zero-order valence-electron chi connectivity index (χ0n) is 10.3. The first-order valence-electron chi connectivity index (χ1n) is 6.11. The molecule has 1 amide bonds. The summed E-state index contributed by atoms with van der Waals surface area (Å²) in [5.74, 6) is -0.0250. The van der Waals surface area contributed by atoms with Gasteiger partial charge in [-0.1, -0.05) is 36.4 Å². The average Bonchev–Trinajstić information content (AvgIpc) is 2.97. The summed E-state index contributed by atoms with van der Waals surface area (Å²) in [6, 6.07) is 15.8. The molecule has 2 aromatic carbocycles. The van der Waals surface area contributed by atoms with E-state index in [4.69, 9.17) is 0 Å². The van der Waals surface area contributed by atoms with E-state index >= 15 is 0 Å². The van der Waals surface area contributed by atoms with E-state index in [0.29, 0.717) is 6.54 Å². The van der Waals surface area contributed by atoms with Crippen molar-refractivity contribution in [1.82, 2.24) is 5.32 Å². The fraction of sp³-hybridized carbons (Fsp3) is 0.0625. The van der Waals surface area contributed by atoms with Crippen molar-refractivity contribution < 1.29 is 4.79 Å². The van der Waals surface area contributed by atoms with Crippen molar-refractivity contribution in [2.75, 3.05) is 0 Å². The van der Waals surface area contributed by atoms with E-state index in [1.54, 1.807) is 11.3 Å². The van der Waals surface area contributed by atoms with E-state index in [-0.39, 0.29) is 5.91 Å². The predicted molar refractivity (Wildman–Crippen MR) is 79.4 cm³/mol. The van der Waals surface area contributed by atoms with Crippen molar-refractivity contribution in [3.63, 3.8) is 0 Å². The van der Waals surface area contributed by atoms with Crippen molar-refractivity contribution in [2.24, 2.45) is 0 Å². The Bertz CT molecular complexity index is 698. The molecule has 19 heavy (non-hydrogen) atoms. The van der Waals surface area contributed by atoms with Crippen LogP contribution in [-0.4, -0.2) is 5.91 Å². The molecule has 0 aliphatic rings. The largest absolute Gasteiger partial charge is 0.348 e. The van der Waals surface area contributed by atoms with Crippen LogP contribution in [0, 0.1) is 0 Å². The van der Waals surface area contributed by atoms with Crippen LogP contribution in [0.15, 0.2) is 59.3 Å². The van der Waals surface area contributed by atoms with E-state index in [0.717, 1.165) is 21.9 Å². The lowest BCUT2D eigenvalue weighted by atomic mass is 10.0. The molecule has 0 unspecified atom stereocenters. The van der Waals surface area contributed by atoms with Crippen LogP contribution in [-0.2, 0) is 6.54 Å². The standard InChI is InChI=1S/C16H13NOS/c18-16(17-10-12-8-9-19-11-12)15-7-3-5-13-4-1-2-6-14(13)15/h1-9,11H,10H2,(H,17,18). The number of fused-ring (bicyclic) bond motifs is 1. The maximum Gasteiger partial charge on any atom is 0.252 e. The number of thiophene rings is 1. The van der Waals surface area contributed by atoms with Gasteiger partial charge in [-0.3, -0.25) is 4.79 Å². The zero-order chi connectivity index (χ0) is 13.1. The molecule has 1 N–H and O–H groups in total. The van der Waals surface area contributed by atoms with Gasteiger partial charge in [-0.05, 0) is 39.2 Å². The second-order valence-electron chi connectivity index (χ2n) is 4.34. The fourth-order valence-electron chi connectivity index (χ4n) is 2.09. The van der Waals surface area contributed by atoms with Gasteiger partial charge in [-0.25, -0.2) is 0 Å². The molecule has 0 fully saturated rings. The Kier molecular flexibility index (Phi) is 3.29. The maximum absolute atomic E-state index is 12.2. The molecular formula is C16H13NOS. The van der Waals surface area contributed by atoms with Gasteiger partial charge in [0, 0.05) is 12.1 Å². The summed E-state index contributed by atoms with van der Waals surface area (Å²) in [5, 5.41) is 9.10. The van der Waals surface area contributed by atoms with E-state index in [1.807, 2.05) is 59.3 Å². The second-order valence-corrected chi connectivity index (χ2v) is 5.12. The number of hydrogen-bond donors (Lipinski definition) is 1. The molecular weight excluding hydrogens is 254 g/mol. The molecule has 2 nitrogen and oxygen atoms in total. The molecule has 0 atom stereocenters. The van der Waals surface area contributed by atoms with Gasteiger partial charge in [-0.15, -0.1) is 0 Å². The maximum atomic E-state index is 12.2. The van der Waals surface area contributed by atoms with Crippen LogP contribution in [0.2, 0.25) is 0 Å². The van der Waals surface area contributed by atoms with Gasteiger partial charge >= 0.3 is 0 Å². The smallest absolute Gasteiger partial charge is 0.252 e. The molecule has 3 rings (SSSR count). The zero-order valence-corrected chi connectivity index (χ0v) is 11.1. The molecule has 1 heterocycles. The summed E-state index contributed by atoms with van der Waals surface area (Å²) in [6.07, 6.45) is 0. The van der Waals surface area contributed by atoms with Crippen LogP contribution < -0.4 is 5.32 Å². The molecule has 0 radical (unpaired) electrons. The topological polar surface area (TPSA) is 29.1 Å². The molecule has 94 valence electrons. The predicted octanol–water partition coefficient (Wildman–Crippen LogP) is 3.83. The van der Waals surface area contributed by atoms with Gasteiger partial charge in [-0.2, -0.15) is 11.3 Å². The third kappa shape index (κ3) is 2.51. The molecule has 3 aromatic rings. The Balaban J connectivity index is 1.85. The van der Waals surface area contributed by atoms with Crippen molar-refractivity contribution >= 4 is 28.0 Å². The Hall–Kier alpha value is -2.13. The lowest BCUT2D eigenvalue weighted by molar-refractivity contribution is 0.0952. The highest BCUT2D eigenvalue weighted by Gasteiger charge is 2.08. The first-order valence-corrected chi connectivity index (χ1v) is 7.06. The normalized spacial score (nSPS) is 10.5. The molecule has 0 bridgehead atoms. The molecule has 0 aliphatic carbocycles. The summed E-state index contributed by atoms with van der Waals surface area (Å²) < 4.78 is 0. The quantitative estimate of drug-likeness (QED) is 0.767. The van der Waals surface area contributed by atoms with Crippen molar-refractivity contribution in [2.45, 2.75) is 6.54 Å². The van der Waals surface area contributed by atoms with Crippen LogP contribution in [0.4, 0.5) is 0 Å². The van der Waals surface area contributed by atoms with Crippen LogP contribution >= 0.6 is 11.3 Å². The first-order chi connectivity index (χ1) is 9.34. The summed E-state index contributed by atoms with van der Waals surface area (Å²) >= 11 is 1.64. The van der Waals surface area contributed by atoms with E-state index in [9.17, 15) is 4.79 Å². The Labute approximate surface area is 115 Å². The number of carbonyl (C=O) groups excluding carboxylic acids is 1. The minimum atomic E-state index is -0.0250. The van der Waals surface area contributed by atoms with E-state index in [1.165, 1.54) is 0 Å². The Morgan fingerprint density at radius 3 is 2.74 bits per heavy atom. The lowest BCUT2D eigenvalue weighted by Crippen LogP contribution is -2.22. The monoisotopic (exact) mass is 267 g/mol. The molecule has 0 saturated carbocycles. The summed E-state index contributed by atoms with van der Waals surface area (Å²) in [5.41, 5.74) is 1.87. The van der Waals surface area contributed by atoms with Crippen LogP contribution in [0.3, 0.4) is 0 Å². The average molecular weight is 267 g/mol. The highest BCUT2D eigenvalue weighted by molar-refractivity contribution is 7.07. The molecule has 0 aliphatic heterocycles. The van der Waals surface area contributed by atoms with Gasteiger partial charge in [0.05, 0.1) is 0 Å². The molecule has 1 aromatic heterocycles. The van der Waals surface area contributed by atoms with Crippen LogP contribution in [0.25, 0.3) is 10.8 Å². The highest BCUT2D eigenvalue weighted by atomic mass is 32.1. The van der Waals surface area contributed by atoms with Crippen LogP contribution in [0.1, 0.15) is 15.9 Å². The van der Waals surface area contributed by atoms with Crippen molar-refractivity contribution in [1.29, 1.82) is 0 Å². The highest BCUT2D eigenvalue weighted by Crippen LogP contribution is 2.18. The first kappa shape index (κ1) is 11.9. The Morgan fingerprint density at radius 2 is 1.89 bits per heavy atom. The number of carbonyl (C=O) groups is 1. The molecule has 0 spiro atoms. The summed E-state index contributed by atoms with van der Waals surface area (Å²) in [4.78, 5) is 12.2. The van der Waals surface area contributed by atoms with Crippen molar-refractivity contribution in [3.05, 3.63) is 70.4 Å². The Morgan fingerprint density at radius 1 is 1.05 bits per heavy atom. The molecule has 3 heteroatoms. The van der Waals surface area contributed by atoms with Crippen LogP contribution in [0.5, 0.6) is 0 Å². The van der Waals surface area contributed by atoms with Gasteiger partial charge in [0.25, 0.3) is 5.91 Å².